The highest BCUT2D eigenvalue weighted by atomic mass is 14.7. The summed E-state index contributed by atoms with van der Waals surface area (Å²) in [5.74, 6) is 1.98. The van der Waals surface area contributed by atoms with Gasteiger partial charge in [0.05, 0.1) is 6.54 Å². The van der Waals surface area contributed by atoms with Crippen LogP contribution in [0.2, 0.25) is 0 Å². The summed E-state index contributed by atoms with van der Waals surface area (Å²) in [4.78, 5) is 0. The van der Waals surface area contributed by atoms with E-state index in [4.69, 9.17) is 0 Å². The van der Waals surface area contributed by atoms with Crippen LogP contribution in [0.5, 0.6) is 0 Å². The molecule has 1 nitrogen and oxygen atoms in total. The number of hydrogen-bond donors (Lipinski definition) is 1. The fourth-order valence-electron chi connectivity index (χ4n) is 5.99. The molecule has 5 rings (SSSR count). The van der Waals surface area contributed by atoms with Crippen LogP contribution in [0.1, 0.15) is 49.7 Å². The summed E-state index contributed by atoms with van der Waals surface area (Å²) < 4.78 is 0. The van der Waals surface area contributed by atoms with Gasteiger partial charge in [0, 0.05) is 5.41 Å². The van der Waals surface area contributed by atoms with Gasteiger partial charge in [0.15, 0.2) is 0 Å². The van der Waals surface area contributed by atoms with Crippen molar-refractivity contribution in [1.29, 1.82) is 0 Å². The van der Waals surface area contributed by atoms with E-state index in [2.05, 4.69) is 36.9 Å². The van der Waals surface area contributed by atoms with E-state index >= 15 is 0 Å². The summed E-state index contributed by atoms with van der Waals surface area (Å²) in [5, 5.41) is 0. The van der Waals surface area contributed by atoms with Crippen molar-refractivity contribution in [2.75, 3.05) is 6.54 Å². The number of quaternary nitrogens is 1. The zero-order valence-corrected chi connectivity index (χ0v) is 12.1. The summed E-state index contributed by atoms with van der Waals surface area (Å²) in [6.45, 7) is 3.36. The highest BCUT2D eigenvalue weighted by Gasteiger charge is 2.58. The summed E-state index contributed by atoms with van der Waals surface area (Å²) >= 11 is 0. The van der Waals surface area contributed by atoms with Gasteiger partial charge in [-0.1, -0.05) is 29.8 Å². The lowest BCUT2D eigenvalue weighted by atomic mass is 9.43. The lowest BCUT2D eigenvalue weighted by molar-refractivity contribution is -0.403. The van der Waals surface area contributed by atoms with Gasteiger partial charge in [0.2, 0.25) is 0 Å². The number of aryl methyl sites for hydroxylation is 1. The van der Waals surface area contributed by atoms with Crippen LogP contribution in [0.4, 0.5) is 0 Å². The van der Waals surface area contributed by atoms with Gasteiger partial charge in [-0.05, 0) is 68.3 Å². The maximum absolute atomic E-state index is 4.31. The van der Waals surface area contributed by atoms with Gasteiger partial charge in [0.25, 0.3) is 0 Å². The Morgan fingerprint density at radius 3 is 2.26 bits per heavy atom. The predicted octanol–water partition coefficient (Wildman–Crippen LogP) is 3.07. The second kappa shape index (κ2) is 3.85. The predicted molar refractivity (Wildman–Crippen MR) is 77.7 cm³/mol. The van der Waals surface area contributed by atoms with Crippen LogP contribution in [-0.2, 0) is 5.41 Å². The van der Waals surface area contributed by atoms with Crippen molar-refractivity contribution in [3.8, 4) is 0 Å². The average molecular weight is 256 g/mol. The summed E-state index contributed by atoms with van der Waals surface area (Å²) in [6, 6.07) is 9.45. The summed E-state index contributed by atoms with van der Waals surface area (Å²) in [5.41, 5.74) is 8.44. The van der Waals surface area contributed by atoms with Gasteiger partial charge in [-0.2, -0.15) is 0 Å². The van der Waals surface area contributed by atoms with Crippen LogP contribution < -0.4 is 5.73 Å². The van der Waals surface area contributed by atoms with E-state index in [1.807, 2.05) is 0 Å². The largest absolute Gasteiger partial charge is 0.357 e. The van der Waals surface area contributed by atoms with Crippen molar-refractivity contribution in [2.45, 2.75) is 50.9 Å². The first kappa shape index (κ1) is 12.0. The fraction of sp³-hybridized carbons (Fsp3) is 0.667. The molecule has 4 aliphatic rings. The Bertz CT molecular complexity index is 473. The van der Waals surface area contributed by atoms with Gasteiger partial charge < -0.3 is 5.73 Å². The molecule has 19 heavy (non-hydrogen) atoms. The molecule has 2 unspecified atom stereocenters. The average Bonchev–Trinajstić information content (AvgIpc) is 2.38. The summed E-state index contributed by atoms with van der Waals surface area (Å²) in [7, 11) is 0. The standard InChI is InChI=1S/C18H25N/c1-13-2-4-16(5-3-13)18-9-14-6-15(10-18)8-17(7-14,11-18)12-19/h2-5,14-15H,6-12,19H2,1H3/p+1. The van der Waals surface area contributed by atoms with Crippen molar-refractivity contribution in [1.82, 2.24) is 0 Å². The Morgan fingerprint density at radius 2 is 1.68 bits per heavy atom. The number of benzene rings is 1. The second-order valence-electron chi connectivity index (χ2n) is 7.86. The molecule has 4 fully saturated rings. The molecule has 0 heterocycles. The van der Waals surface area contributed by atoms with Crippen LogP contribution in [0.15, 0.2) is 24.3 Å². The van der Waals surface area contributed by atoms with E-state index < -0.39 is 0 Å². The monoisotopic (exact) mass is 256 g/mol. The van der Waals surface area contributed by atoms with E-state index in [1.54, 1.807) is 5.56 Å². The minimum Gasteiger partial charge on any atom is -0.357 e. The Morgan fingerprint density at radius 1 is 1.05 bits per heavy atom. The molecule has 0 saturated heterocycles. The molecule has 4 saturated carbocycles. The van der Waals surface area contributed by atoms with Crippen molar-refractivity contribution in [2.24, 2.45) is 17.3 Å². The van der Waals surface area contributed by atoms with Gasteiger partial charge in [-0.25, -0.2) is 0 Å². The molecule has 0 spiro atoms. The SMILES string of the molecule is Cc1ccc(C23CC4CC(CC(C[NH3+])(C4)C2)C3)cc1. The second-order valence-corrected chi connectivity index (χ2v) is 7.86. The van der Waals surface area contributed by atoms with Crippen molar-refractivity contribution in [3.05, 3.63) is 35.4 Å². The van der Waals surface area contributed by atoms with E-state index in [1.165, 1.54) is 44.1 Å². The van der Waals surface area contributed by atoms with Crippen LogP contribution in [-0.4, -0.2) is 6.54 Å². The molecule has 0 aromatic heterocycles. The Balaban J connectivity index is 1.76. The maximum Gasteiger partial charge on any atom is 0.0797 e. The van der Waals surface area contributed by atoms with Gasteiger partial charge in [-0.15, -0.1) is 0 Å². The fourth-order valence-corrected chi connectivity index (χ4v) is 5.99. The van der Waals surface area contributed by atoms with E-state index in [0.717, 1.165) is 18.4 Å². The Hall–Kier alpha value is -0.820. The Labute approximate surface area is 116 Å². The van der Waals surface area contributed by atoms with Crippen molar-refractivity contribution in [3.63, 3.8) is 0 Å². The van der Waals surface area contributed by atoms with E-state index in [0.29, 0.717) is 10.8 Å². The molecule has 0 radical (unpaired) electrons. The van der Waals surface area contributed by atoms with Crippen LogP contribution in [0, 0.1) is 24.2 Å². The summed E-state index contributed by atoms with van der Waals surface area (Å²) in [6.07, 6.45) is 8.78. The highest BCUT2D eigenvalue weighted by Crippen LogP contribution is 2.65. The first-order chi connectivity index (χ1) is 9.13. The normalized spacial score (nSPS) is 43.7. The molecular weight excluding hydrogens is 230 g/mol. The minimum atomic E-state index is 0.509. The quantitative estimate of drug-likeness (QED) is 0.842. The first-order valence-corrected chi connectivity index (χ1v) is 8.00. The lowest BCUT2D eigenvalue weighted by Gasteiger charge is -2.61. The molecule has 1 heteroatoms. The highest BCUT2D eigenvalue weighted by molar-refractivity contribution is 5.32. The van der Waals surface area contributed by atoms with Gasteiger partial charge >= 0.3 is 0 Å². The maximum atomic E-state index is 4.31. The van der Waals surface area contributed by atoms with E-state index in [-0.39, 0.29) is 0 Å². The molecule has 4 aliphatic carbocycles. The van der Waals surface area contributed by atoms with Crippen LogP contribution in [0.25, 0.3) is 0 Å². The van der Waals surface area contributed by atoms with Crippen molar-refractivity contribution >= 4 is 0 Å². The topological polar surface area (TPSA) is 27.6 Å². The van der Waals surface area contributed by atoms with Gasteiger partial charge in [0.1, 0.15) is 0 Å². The molecule has 0 amide bonds. The number of hydrogen-bond acceptors (Lipinski definition) is 0. The smallest absolute Gasteiger partial charge is 0.0797 e. The molecule has 3 N–H and O–H groups in total. The molecule has 2 atom stereocenters. The zero-order chi connectivity index (χ0) is 13.1. The molecule has 1 aromatic carbocycles. The first-order valence-electron chi connectivity index (χ1n) is 8.00. The third-order valence-electron chi connectivity index (χ3n) is 6.38. The molecule has 102 valence electrons. The lowest BCUT2D eigenvalue weighted by Crippen LogP contribution is -2.65. The minimum absolute atomic E-state index is 0.509. The third kappa shape index (κ3) is 1.71. The van der Waals surface area contributed by atoms with E-state index in [9.17, 15) is 0 Å². The van der Waals surface area contributed by atoms with Crippen LogP contribution in [0.3, 0.4) is 0 Å². The van der Waals surface area contributed by atoms with Crippen LogP contribution >= 0.6 is 0 Å². The Kier molecular flexibility index (Phi) is 2.42. The number of rotatable bonds is 2. The molecular formula is C18H26N+. The molecule has 4 bridgehead atoms. The third-order valence-corrected chi connectivity index (χ3v) is 6.38. The molecule has 0 aliphatic heterocycles. The zero-order valence-electron chi connectivity index (χ0n) is 12.1. The molecule has 1 aromatic rings. The van der Waals surface area contributed by atoms with Crippen molar-refractivity contribution < 1.29 is 5.73 Å². The van der Waals surface area contributed by atoms with Gasteiger partial charge in [-0.3, -0.25) is 0 Å².